The number of pyridine rings is 1. The van der Waals surface area contributed by atoms with Crippen LogP contribution in [0.5, 0.6) is 0 Å². The van der Waals surface area contributed by atoms with E-state index in [0.29, 0.717) is 36.1 Å². The van der Waals surface area contributed by atoms with Gasteiger partial charge in [0.2, 0.25) is 0 Å². The number of rotatable bonds is 6. The highest BCUT2D eigenvalue weighted by atomic mass is 16.2. The second kappa shape index (κ2) is 8.26. The van der Waals surface area contributed by atoms with Crippen LogP contribution < -0.4 is 10.9 Å². The Morgan fingerprint density at radius 1 is 1.27 bits per heavy atom. The fourth-order valence-electron chi connectivity index (χ4n) is 4.88. The van der Waals surface area contributed by atoms with E-state index < -0.39 is 0 Å². The number of aryl methyl sites for hydroxylation is 1. The molecule has 160 valence electrons. The van der Waals surface area contributed by atoms with Gasteiger partial charge in [0.15, 0.2) is 0 Å². The standard InChI is InChI=1S/C24H32N4O2/c1-5-27-12-8-9-17(27)13-25-23(29)19-15-28(14-16(2)3)24(30)22-21(19)18-10-6-7-11-20(18)26(22)4/h6-7,10-11,15-17H,5,8-9,12-14H2,1-4H3,(H,25,29). The number of carbonyl (C=O) groups excluding carboxylic acids is 1. The van der Waals surface area contributed by atoms with Gasteiger partial charge in [0.1, 0.15) is 5.52 Å². The SMILES string of the molecule is CCN1CCCC1CNC(=O)c1cn(CC(C)C)c(=O)c2c1c1ccccc1n2C. The Hall–Kier alpha value is -2.60. The molecule has 4 rings (SSSR count). The molecule has 1 saturated heterocycles. The maximum absolute atomic E-state index is 13.4. The molecule has 0 radical (unpaired) electrons. The average Bonchev–Trinajstić information content (AvgIpc) is 3.31. The number of nitrogens with zero attached hydrogens (tertiary/aromatic N) is 3. The lowest BCUT2D eigenvalue weighted by atomic mass is 10.1. The Bertz CT molecular complexity index is 1140. The zero-order valence-electron chi connectivity index (χ0n) is 18.4. The summed E-state index contributed by atoms with van der Waals surface area (Å²) in [6.07, 6.45) is 4.06. The molecule has 1 aliphatic heterocycles. The first-order valence-electron chi connectivity index (χ1n) is 11.0. The predicted molar refractivity (Wildman–Crippen MR) is 122 cm³/mol. The van der Waals surface area contributed by atoms with Gasteiger partial charge in [0, 0.05) is 48.7 Å². The smallest absolute Gasteiger partial charge is 0.275 e. The lowest BCUT2D eigenvalue weighted by molar-refractivity contribution is 0.0942. The van der Waals surface area contributed by atoms with E-state index >= 15 is 0 Å². The first-order chi connectivity index (χ1) is 14.4. The van der Waals surface area contributed by atoms with Gasteiger partial charge in [0.05, 0.1) is 5.56 Å². The van der Waals surface area contributed by atoms with Crippen LogP contribution in [0, 0.1) is 5.92 Å². The lowest BCUT2D eigenvalue weighted by Crippen LogP contribution is -2.40. The minimum absolute atomic E-state index is 0.0399. The van der Waals surface area contributed by atoms with E-state index in [9.17, 15) is 9.59 Å². The van der Waals surface area contributed by atoms with Gasteiger partial charge in [-0.15, -0.1) is 0 Å². The van der Waals surface area contributed by atoms with Crippen molar-refractivity contribution in [2.75, 3.05) is 19.6 Å². The molecule has 30 heavy (non-hydrogen) atoms. The molecule has 1 fully saturated rings. The third kappa shape index (κ3) is 3.54. The van der Waals surface area contributed by atoms with E-state index in [4.69, 9.17) is 0 Å². The zero-order chi connectivity index (χ0) is 21.4. The van der Waals surface area contributed by atoms with E-state index in [0.717, 1.165) is 35.8 Å². The quantitative estimate of drug-likeness (QED) is 0.680. The molecular formula is C24H32N4O2. The lowest BCUT2D eigenvalue weighted by Gasteiger charge is -2.23. The van der Waals surface area contributed by atoms with Gasteiger partial charge in [-0.1, -0.05) is 39.0 Å². The van der Waals surface area contributed by atoms with Gasteiger partial charge >= 0.3 is 0 Å². The van der Waals surface area contributed by atoms with Gasteiger partial charge in [-0.3, -0.25) is 14.5 Å². The maximum Gasteiger partial charge on any atom is 0.275 e. The molecule has 1 unspecified atom stereocenters. The molecule has 3 heterocycles. The van der Waals surface area contributed by atoms with Crippen LogP contribution in [0.1, 0.15) is 44.0 Å². The molecule has 3 aromatic rings. The molecule has 0 spiro atoms. The van der Waals surface area contributed by atoms with Crippen LogP contribution in [0.3, 0.4) is 0 Å². The van der Waals surface area contributed by atoms with Crippen LogP contribution >= 0.6 is 0 Å². The van der Waals surface area contributed by atoms with E-state index in [-0.39, 0.29) is 11.5 Å². The fraction of sp³-hybridized carbons (Fsp3) is 0.500. The summed E-state index contributed by atoms with van der Waals surface area (Å²) in [4.78, 5) is 29.1. The zero-order valence-corrected chi connectivity index (χ0v) is 18.4. The Kier molecular flexibility index (Phi) is 5.69. The number of fused-ring (bicyclic) bond motifs is 3. The minimum atomic E-state index is -0.100. The van der Waals surface area contributed by atoms with Crippen molar-refractivity contribution in [1.29, 1.82) is 0 Å². The number of aromatic nitrogens is 2. The van der Waals surface area contributed by atoms with Crippen molar-refractivity contribution in [2.45, 2.75) is 46.2 Å². The maximum atomic E-state index is 13.4. The first-order valence-corrected chi connectivity index (χ1v) is 11.0. The van der Waals surface area contributed by atoms with E-state index in [1.54, 1.807) is 10.8 Å². The number of likely N-dealkylation sites (tertiary alicyclic amines) is 1. The Labute approximate surface area is 177 Å². The number of carbonyl (C=O) groups is 1. The number of benzene rings is 1. The number of amides is 1. The Morgan fingerprint density at radius 3 is 2.77 bits per heavy atom. The number of likely N-dealkylation sites (N-methyl/N-ethyl adjacent to an activating group) is 1. The molecule has 1 atom stereocenters. The van der Waals surface area contributed by atoms with E-state index in [2.05, 4.69) is 31.0 Å². The number of para-hydroxylation sites is 1. The number of hydrogen-bond donors (Lipinski definition) is 1. The highest BCUT2D eigenvalue weighted by Gasteiger charge is 2.25. The molecule has 2 aromatic heterocycles. The molecule has 0 aliphatic carbocycles. The van der Waals surface area contributed by atoms with E-state index in [1.807, 2.05) is 35.9 Å². The fourth-order valence-corrected chi connectivity index (χ4v) is 4.88. The summed E-state index contributed by atoms with van der Waals surface area (Å²) >= 11 is 0. The van der Waals surface area contributed by atoms with E-state index in [1.165, 1.54) is 6.42 Å². The molecule has 1 aromatic carbocycles. The summed E-state index contributed by atoms with van der Waals surface area (Å²) in [5.41, 5.74) is 2.11. The molecule has 1 amide bonds. The third-order valence-corrected chi connectivity index (χ3v) is 6.33. The predicted octanol–water partition coefficient (Wildman–Crippen LogP) is 3.36. The summed E-state index contributed by atoms with van der Waals surface area (Å²) in [7, 11) is 1.91. The summed E-state index contributed by atoms with van der Waals surface area (Å²) in [6, 6.07) is 8.31. The summed E-state index contributed by atoms with van der Waals surface area (Å²) in [6.45, 7) is 9.67. The first kappa shape index (κ1) is 20.7. The van der Waals surface area contributed by atoms with Crippen molar-refractivity contribution in [1.82, 2.24) is 19.4 Å². The Balaban J connectivity index is 1.81. The largest absolute Gasteiger partial charge is 0.350 e. The van der Waals surface area contributed by atoms with Crippen molar-refractivity contribution in [3.63, 3.8) is 0 Å². The molecular weight excluding hydrogens is 376 g/mol. The van der Waals surface area contributed by atoms with Crippen LogP contribution in [-0.4, -0.2) is 45.6 Å². The van der Waals surface area contributed by atoms with Crippen LogP contribution in [0.2, 0.25) is 0 Å². The minimum Gasteiger partial charge on any atom is -0.350 e. The van der Waals surface area contributed by atoms with Crippen molar-refractivity contribution >= 4 is 27.7 Å². The van der Waals surface area contributed by atoms with Crippen molar-refractivity contribution in [3.8, 4) is 0 Å². The van der Waals surface area contributed by atoms with Crippen LogP contribution in [0.15, 0.2) is 35.3 Å². The molecule has 6 heteroatoms. The van der Waals surface area contributed by atoms with Crippen LogP contribution in [0.4, 0.5) is 0 Å². The van der Waals surface area contributed by atoms with Crippen LogP contribution in [0.25, 0.3) is 21.8 Å². The normalized spacial score (nSPS) is 17.4. The third-order valence-electron chi connectivity index (χ3n) is 6.33. The average molecular weight is 409 g/mol. The topological polar surface area (TPSA) is 59.3 Å². The second-order valence-corrected chi connectivity index (χ2v) is 8.83. The second-order valence-electron chi connectivity index (χ2n) is 8.83. The van der Waals surface area contributed by atoms with Crippen molar-refractivity contribution in [3.05, 3.63) is 46.4 Å². The summed E-state index contributed by atoms with van der Waals surface area (Å²) in [5, 5.41) is 4.87. The molecule has 1 aliphatic rings. The number of nitrogens with one attached hydrogen (secondary N) is 1. The molecule has 0 bridgehead atoms. The summed E-state index contributed by atoms with van der Waals surface area (Å²) in [5.74, 6) is 0.208. The molecule has 0 saturated carbocycles. The van der Waals surface area contributed by atoms with Gasteiger partial charge < -0.3 is 14.5 Å². The van der Waals surface area contributed by atoms with Gasteiger partial charge in [-0.25, -0.2) is 0 Å². The van der Waals surface area contributed by atoms with Gasteiger partial charge in [-0.05, 0) is 37.9 Å². The molecule has 6 nitrogen and oxygen atoms in total. The highest BCUT2D eigenvalue weighted by Crippen LogP contribution is 2.29. The Morgan fingerprint density at radius 2 is 2.03 bits per heavy atom. The van der Waals surface area contributed by atoms with Gasteiger partial charge in [0.25, 0.3) is 11.5 Å². The van der Waals surface area contributed by atoms with Gasteiger partial charge in [-0.2, -0.15) is 0 Å². The number of hydrogen-bond acceptors (Lipinski definition) is 3. The summed E-state index contributed by atoms with van der Waals surface area (Å²) < 4.78 is 3.63. The van der Waals surface area contributed by atoms with Crippen molar-refractivity contribution in [2.24, 2.45) is 13.0 Å². The monoisotopic (exact) mass is 408 g/mol. The van der Waals surface area contributed by atoms with Crippen molar-refractivity contribution < 1.29 is 4.79 Å². The molecule has 1 N–H and O–H groups in total. The van der Waals surface area contributed by atoms with Crippen LogP contribution in [-0.2, 0) is 13.6 Å². The highest BCUT2D eigenvalue weighted by molar-refractivity contribution is 6.17.